The highest BCUT2D eigenvalue weighted by Crippen LogP contribution is 2.23. The fraction of sp³-hybridized carbons (Fsp3) is 0.385. The molecule has 2 aromatic heterocycles. The Hall–Kier alpha value is -2.04. The monoisotopic (exact) mass is 246 g/mol. The molecule has 0 radical (unpaired) electrons. The van der Waals surface area contributed by atoms with Gasteiger partial charge in [-0.1, -0.05) is 0 Å². The first kappa shape index (κ1) is 12.4. The smallest absolute Gasteiger partial charge is 0.160 e. The van der Waals surface area contributed by atoms with Gasteiger partial charge in [0.25, 0.3) is 0 Å². The summed E-state index contributed by atoms with van der Waals surface area (Å²) in [7, 11) is 3.57. The highest BCUT2D eigenvalue weighted by atomic mass is 16.5. The Morgan fingerprint density at radius 3 is 2.94 bits per heavy atom. The van der Waals surface area contributed by atoms with Gasteiger partial charge in [0.1, 0.15) is 0 Å². The lowest BCUT2D eigenvalue weighted by atomic mass is 10.2. The molecule has 5 heteroatoms. The summed E-state index contributed by atoms with van der Waals surface area (Å²) in [5.41, 5.74) is 3.02. The predicted molar refractivity (Wildman–Crippen MR) is 70.9 cm³/mol. The van der Waals surface area contributed by atoms with Gasteiger partial charge in [-0.25, -0.2) is 0 Å². The molecule has 0 spiro atoms. The zero-order valence-electron chi connectivity index (χ0n) is 11.0. The maximum atomic E-state index is 5.26. The molecule has 5 nitrogen and oxygen atoms in total. The molecular weight excluding hydrogens is 228 g/mol. The molecule has 0 amide bonds. The van der Waals surface area contributed by atoms with Crippen LogP contribution in [0.3, 0.4) is 0 Å². The molecule has 0 aliphatic heterocycles. The van der Waals surface area contributed by atoms with Gasteiger partial charge in [-0.05, 0) is 19.1 Å². The van der Waals surface area contributed by atoms with E-state index in [0.717, 1.165) is 35.8 Å². The highest BCUT2D eigenvalue weighted by Gasteiger charge is 2.04. The first-order valence-corrected chi connectivity index (χ1v) is 5.92. The number of hydrogen-bond acceptors (Lipinski definition) is 4. The molecule has 0 unspecified atom stereocenters. The van der Waals surface area contributed by atoms with E-state index in [4.69, 9.17) is 4.74 Å². The third-order valence-electron chi connectivity index (χ3n) is 2.69. The Morgan fingerprint density at radius 1 is 1.44 bits per heavy atom. The van der Waals surface area contributed by atoms with Crippen LogP contribution in [0, 0.1) is 6.92 Å². The van der Waals surface area contributed by atoms with Crippen molar-refractivity contribution in [2.75, 3.05) is 19.0 Å². The molecule has 0 atom stereocenters. The third kappa shape index (κ3) is 3.00. The molecule has 2 aromatic rings. The molecule has 1 N–H and O–H groups in total. The first-order valence-electron chi connectivity index (χ1n) is 5.92. The number of pyridine rings is 1. The van der Waals surface area contributed by atoms with Crippen LogP contribution in [0.15, 0.2) is 24.5 Å². The van der Waals surface area contributed by atoms with E-state index in [1.54, 1.807) is 13.3 Å². The molecule has 0 aromatic carbocycles. The Balaban J connectivity index is 1.95. The lowest BCUT2D eigenvalue weighted by Crippen LogP contribution is -2.07. The molecule has 96 valence electrons. The molecule has 2 heterocycles. The fourth-order valence-electron chi connectivity index (χ4n) is 1.77. The number of anilines is 1. The van der Waals surface area contributed by atoms with Crippen molar-refractivity contribution >= 4 is 5.69 Å². The van der Waals surface area contributed by atoms with E-state index in [1.165, 1.54) is 0 Å². The summed E-state index contributed by atoms with van der Waals surface area (Å²) < 4.78 is 7.07. The summed E-state index contributed by atoms with van der Waals surface area (Å²) in [6.45, 7) is 2.78. The summed E-state index contributed by atoms with van der Waals surface area (Å²) >= 11 is 0. The van der Waals surface area contributed by atoms with Gasteiger partial charge in [-0.15, -0.1) is 0 Å². The van der Waals surface area contributed by atoms with E-state index < -0.39 is 0 Å². The number of nitrogens with zero attached hydrogens (tertiary/aromatic N) is 3. The van der Waals surface area contributed by atoms with Crippen molar-refractivity contribution in [3.05, 3.63) is 35.9 Å². The average Bonchev–Trinajstić information content (AvgIpc) is 2.75. The second kappa shape index (κ2) is 5.53. The molecule has 0 saturated carbocycles. The average molecular weight is 246 g/mol. The van der Waals surface area contributed by atoms with Gasteiger partial charge in [0.05, 0.1) is 24.7 Å². The van der Waals surface area contributed by atoms with Crippen LogP contribution < -0.4 is 10.1 Å². The molecule has 0 fully saturated rings. The second-order valence-corrected chi connectivity index (χ2v) is 4.18. The van der Waals surface area contributed by atoms with Gasteiger partial charge < -0.3 is 10.1 Å². The number of methoxy groups -OCH3 is 1. The third-order valence-corrected chi connectivity index (χ3v) is 2.69. The maximum absolute atomic E-state index is 5.26. The lowest BCUT2D eigenvalue weighted by molar-refractivity contribution is 0.414. The summed E-state index contributed by atoms with van der Waals surface area (Å²) in [4.78, 5) is 4.20. The van der Waals surface area contributed by atoms with E-state index >= 15 is 0 Å². The Labute approximate surface area is 107 Å². The number of aryl methyl sites for hydroxylation is 2. The van der Waals surface area contributed by atoms with Crippen LogP contribution >= 0.6 is 0 Å². The van der Waals surface area contributed by atoms with Gasteiger partial charge in [-0.2, -0.15) is 5.10 Å². The predicted octanol–water partition coefficient (Wildman–Crippen LogP) is 1.79. The summed E-state index contributed by atoms with van der Waals surface area (Å²) in [6, 6.07) is 4.01. The van der Waals surface area contributed by atoms with Gasteiger partial charge in [-0.3, -0.25) is 9.67 Å². The van der Waals surface area contributed by atoms with Gasteiger partial charge in [0.15, 0.2) is 5.75 Å². The molecule has 2 rings (SSSR count). The summed E-state index contributed by atoms with van der Waals surface area (Å²) in [5.74, 6) is 0.765. The largest absolute Gasteiger partial charge is 0.493 e. The number of nitrogens with one attached hydrogen (secondary N) is 1. The van der Waals surface area contributed by atoms with Crippen LogP contribution in [0.4, 0.5) is 5.69 Å². The number of rotatable bonds is 5. The Kier molecular flexibility index (Phi) is 3.82. The number of aromatic nitrogens is 3. The van der Waals surface area contributed by atoms with Gasteiger partial charge >= 0.3 is 0 Å². The van der Waals surface area contributed by atoms with E-state index in [0.29, 0.717) is 0 Å². The summed E-state index contributed by atoms with van der Waals surface area (Å²) in [6.07, 6.45) is 4.57. The minimum Gasteiger partial charge on any atom is -0.493 e. The molecule has 0 saturated heterocycles. The topological polar surface area (TPSA) is 52.0 Å². The van der Waals surface area contributed by atoms with Crippen molar-refractivity contribution < 1.29 is 4.74 Å². The zero-order chi connectivity index (χ0) is 13.0. The van der Waals surface area contributed by atoms with Crippen molar-refractivity contribution in [3.63, 3.8) is 0 Å². The molecule has 0 aliphatic carbocycles. The van der Waals surface area contributed by atoms with E-state index in [9.17, 15) is 0 Å². The first-order chi connectivity index (χ1) is 8.69. The van der Waals surface area contributed by atoms with Crippen molar-refractivity contribution in [2.24, 2.45) is 7.05 Å². The van der Waals surface area contributed by atoms with E-state index in [1.807, 2.05) is 37.0 Å². The lowest BCUT2D eigenvalue weighted by Gasteiger charge is -2.10. The fourth-order valence-corrected chi connectivity index (χ4v) is 1.77. The van der Waals surface area contributed by atoms with Crippen LogP contribution in [0.1, 0.15) is 11.4 Å². The number of ether oxygens (including phenoxy) is 1. The second-order valence-electron chi connectivity index (χ2n) is 4.18. The molecular formula is C13H18N4O. The quantitative estimate of drug-likeness (QED) is 0.873. The van der Waals surface area contributed by atoms with Crippen molar-refractivity contribution in [2.45, 2.75) is 13.3 Å². The number of hydrogen-bond donors (Lipinski definition) is 1. The Bertz CT molecular complexity index is 521. The highest BCUT2D eigenvalue weighted by molar-refractivity contribution is 5.55. The van der Waals surface area contributed by atoms with Crippen molar-refractivity contribution in [3.8, 4) is 5.75 Å². The molecule has 0 aliphatic rings. The standard InChI is InChI=1S/C13H18N4O/c1-10-8-12(13(18-3)9-15-10)14-6-4-11-5-7-17(2)16-11/h5,7-9H,4,6H2,1-3H3,(H,14,15). The minimum absolute atomic E-state index is 0.765. The van der Waals surface area contributed by atoms with Crippen LogP contribution in [-0.2, 0) is 13.5 Å². The van der Waals surface area contributed by atoms with E-state index in [-0.39, 0.29) is 0 Å². The van der Waals surface area contributed by atoms with Gasteiger partial charge in [0.2, 0.25) is 0 Å². The van der Waals surface area contributed by atoms with Crippen LogP contribution in [0.5, 0.6) is 5.75 Å². The normalized spacial score (nSPS) is 10.4. The van der Waals surface area contributed by atoms with Crippen LogP contribution in [0.25, 0.3) is 0 Å². The SMILES string of the molecule is COc1cnc(C)cc1NCCc1ccn(C)n1. The molecule has 0 bridgehead atoms. The maximum Gasteiger partial charge on any atom is 0.160 e. The van der Waals surface area contributed by atoms with Crippen LogP contribution in [0.2, 0.25) is 0 Å². The van der Waals surface area contributed by atoms with Crippen LogP contribution in [-0.4, -0.2) is 28.4 Å². The summed E-state index contributed by atoms with van der Waals surface area (Å²) in [5, 5.41) is 7.68. The van der Waals surface area contributed by atoms with Gasteiger partial charge in [0, 0.05) is 31.9 Å². The van der Waals surface area contributed by atoms with E-state index in [2.05, 4.69) is 15.4 Å². The Morgan fingerprint density at radius 2 is 2.28 bits per heavy atom. The van der Waals surface area contributed by atoms with Crippen molar-refractivity contribution in [1.29, 1.82) is 0 Å². The zero-order valence-corrected chi connectivity index (χ0v) is 11.0. The van der Waals surface area contributed by atoms with Crippen molar-refractivity contribution in [1.82, 2.24) is 14.8 Å². The molecule has 18 heavy (non-hydrogen) atoms. The minimum atomic E-state index is 0.765.